The Morgan fingerprint density at radius 3 is 1.05 bits per heavy atom. The summed E-state index contributed by atoms with van der Waals surface area (Å²) in [5.74, 6) is 0. The Balaban J connectivity index is -0.0000000955. The zero-order chi connectivity index (χ0) is 18.3. The van der Waals surface area contributed by atoms with Gasteiger partial charge in [-0.1, -0.05) is 0 Å². The Hall–Kier alpha value is 0.370. The van der Waals surface area contributed by atoms with Crippen LogP contribution in [0.1, 0.15) is 6.92 Å². The monoisotopic (exact) mass is 378 g/mol. The standard InChI is InChI=1S/C2H7O4P.C2H7O3P.C2H6O.CH5O3P/c1-7(4,5)6-2-3;1-5-6(2,3)4;1-2-3;1-5(2,3)4/h3H,2H2,1H3,(H,4,5);1-2H3,(H,3,4);3H,2H2,1H3;1H3,(H2,2,3,4). The van der Waals surface area contributed by atoms with E-state index < -0.39 is 29.6 Å². The first-order valence-electron chi connectivity index (χ1n) is 5.09. The molecule has 0 heterocycles. The summed E-state index contributed by atoms with van der Waals surface area (Å²) >= 11 is 0. The molecule has 0 saturated carbocycles. The molecule has 0 aliphatic heterocycles. The lowest BCUT2D eigenvalue weighted by Crippen LogP contribution is -1.87. The molecule has 11 nitrogen and oxygen atoms in total. The summed E-state index contributed by atoms with van der Waals surface area (Å²) < 4.78 is 37.2. The Bertz CT molecular complexity index is 331. The van der Waals surface area contributed by atoms with Crippen LogP contribution in [0.3, 0.4) is 0 Å². The van der Waals surface area contributed by atoms with Crippen LogP contribution in [0, 0.1) is 0 Å². The highest BCUT2D eigenvalue weighted by molar-refractivity contribution is 7.52. The number of hydrogen-bond donors (Lipinski definition) is 6. The zero-order valence-electron chi connectivity index (χ0n) is 12.5. The van der Waals surface area contributed by atoms with Crippen molar-refractivity contribution in [1.29, 1.82) is 0 Å². The molecule has 0 amide bonds. The fraction of sp³-hybridized carbons (Fsp3) is 1.00. The normalized spacial score (nSPS) is 15.6. The van der Waals surface area contributed by atoms with Crippen LogP contribution in [0.4, 0.5) is 0 Å². The lowest BCUT2D eigenvalue weighted by atomic mass is 10.9. The van der Waals surface area contributed by atoms with Crippen molar-refractivity contribution in [3.05, 3.63) is 0 Å². The third-order valence-corrected chi connectivity index (χ3v) is 1.91. The van der Waals surface area contributed by atoms with Crippen molar-refractivity contribution in [2.75, 3.05) is 40.5 Å². The Kier molecular flexibility index (Phi) is 21.4. The van der Waals surface area contributed by atoms with Gasteiger partial charge in [0.1, 0.15) is 0 Å². The molecule has 0 radical (unpaired) electrons. The van der Waals surface area contributed by atoms with Gasteiger partial charge >= 0.3 is 22.8 Å². The molecular formula is C7H25O11P3. The largest absolute Gasteiger partial charge is 0.397 e. The lowest BCUT2D eigenvalue weighted by molar-refractivity contribution is 0.0882. The second-order valence-electron chi connectivity index (χ2n) is 3.20. The van der Waals surface area contributed by atoms with Crippen molar-refractivity contribution in [2.24, 2.45) is 0 Å². The topological polar surface area (TPSA) is 191 Å². The molecule has 2 atom stereocenters. The van der Waals surface area contributed by atoms with Gasteiger partial charge in [0.15, 0.2) is 6.79 Å². The minimum absolute atomic E-state index is 0.250. The molecule has 0 aromatic carbocycles. The van der Waals surface area contributed by atoms with Crippen LogP contribution in [-0.4, -0.2) is 70.3 Å². The summed E-state index contributed by atoms with van der Waals surface area (Å²) in [5.41, 5.74) is 0. The van der Waals surface area contributed by atoms with Crippen LogP contribution in [-0.2, 0) is 22.7 Å². The molecule has 0 fully saturated rings. The Morgan fingerprint density at radius 1 is 0.857 bits per heavy atom. The van der Waals surface area contributed by atoms with E-state index in [-0.39, 0.29) is 6.61 Å². The number of aliphatic hydroxyl groups is 2. The minimum Gasteiger partial charge on any atom is -0.397 e. The van der Waals surface area contributed by atoms with Gasteiger partial charge in [0, 0.05) is 33.7 Å². The van der Waals surface area contributed by atoms with E-state index in [1.165, 1.54) is 7.11 Å². The molecule has 2 unspecified atom stereocenters. The van der Waals surface area contributed by atoms with Gasteiger partial charge in [-0.05, 0) is 6.92 Å². The Labute approximate surface area is 123 Å². The molecule has 0 aliphatic carbocycles. The highest BCUT2D eigenvalue weighted by atomic mass is 31.2. The third kappa shape index (κ3) is 127. The van der Waals surface area contributed by atoms with Crippen molar-refractivity contribution in [3.63, 3.8) is 0 Å². The highest BCUT2D eigenvalue weighted by Gasteiger charge is 2.06. The lowest BCUT2D eigenvalue weighted by Gasteiger charge is -1.99. The molecule has 21 heavy (non-hydrogen) atoms. The summed E-state index contributed by atoms with van der Waals surface area (Å²) in [6.45, 7) is 4.22. The molecule has 0 aromatic rings. The zero-order valence-corrected chi connectivity index (χ0v) is 15.2. The maximum atomic E-state index is 9.99. The average Bonchev–Trinajstić information content (AvgIpc) is 2.14. The molecule has 134 valence electrons. The summed E-state index contributed by atoms with van der Waals surface area (Å²) in [5, 5.41) is 15.4. The van der Waals surface area contributed by atoms with Gasteiger partial charge in [-0.3, -0.25) is 18.2 Å². The maximum Gasteiger partial charge on any atom is 0.327 e. The smallest absolute Gasteiger partial charge is 0.327 e. The molecular weight excluding hydrogens is 353 g/mol. The number of rotatable bonds is 3. The molecule has 0 rings (SSSR count). The molecule has 0 bridgehead atoms. The van der Waals surface area contributed by atoms with Crippen LogP contribution in [0.25, 0.3) is 0 Å². The number of hydrogen-bond acceptors (Lipinski definition) is 7. The van der Waals surface area contributed by atoms with E-state index in [0.29, 0.717) is 0 Å². The van der Waals surface area contributed by atoms with Gasteiger partial charge in [0.2, 0.25) is 0 Å². The van der Waals surface area contributed by atoms with Crippen LogP contribution in [0.15, 0.2) is 0 Å². The van der Waals surface area contributed by atoms with Gasteiger partial charge in [-0.15, -0.1) is 0 Å². The van der Waals surface area contributed by atoms with Gasteiger partial charge in [-0.25, -0.2) is 0 Å². The van der Waals surface area contributed by atoms with Crippen molar-refractivity contribution < 1.29 is 52.5 Å². The minimum atomic E-state index is -3.64. The molecule has 0 spiro atoms. The first-order valence-corrected chi connectivity index (χ1v) is 11.2. The van der Waals surface area contributed by atoms with E-state index in [0.717, 1.165) is 20.0 Å². The van der Waals surface area contributed by atoms with Gasteiger partial charge < -0.3 is 34.3 Å². The van der Waals surface area contributed by atoms with E-state index in [1.807, 2.05) is 0 Å². The second kappa shape index (κ2) is 15.3. The predicted octanol–water partition coefficient (Wildman–Crippen LogP) is 0.00850. The fourth-order valence-electron chi connectivity index (χ4n) is 0.107. The predicted molar refractivity (Wildman–Crippen MR) is 77.4 cm³/mol. The Morgan fingerprint density at radius 2 is 1.05 bits per heavy atom. The summed E-state index contributed by atoms with van der Waals surface area (Å²) in [6.07, 6.45) is 0. The third-order valence-electron chi connectivity index (χ3n) is 0.636. The average molecular weight is 378 g/mol. The first-order chi connectivity index (χ1) is 9.04. The molecule has 0 aliphatic rings. The SMILES string of the molecule is CCO.COP(C)(=O)O.CP(=O)(O)O.CP(=O)(O)OCO. The van der Waals surface area contributed by atoms with Crippen molar-refractivity contribution in [1.82, 2.24) is 0 Å². The molecule has 0 saturated heterocycles. The quantitative estimate of drug-likeness (QED) is 0.286. The molecule has 6 N–H and O–H groups in total. The van der Waals surface area contributed by atoms with E-state index in [4.69, 9.17) is 29.8 Å². The van der Waals surface area contributed by atoms with Crippen LogP contribution < -0.4 is 0 Å². The van der Waals surface area contributed by atoms with Crippen molar-refractivity contribution in [2.45, 2.75) is 6.92 Å². The van der Waals surface area contributed by atoms with Gasteiger partial charge in [0.05, 0.1) is 0 Å². The second-order valence-corrected chi connectivity index (χ2v) is 8.70. The van der Waals surface area contributed by atoms with Gasteiger partial charge in [-0.2, -0.15) is 0 Å². The van der Waals surface area contributed by atoms with Gasteiger partial charge in [0.25, 0.3) is 0 Å². The summed E-state index contributed by atoms with van der Waals surface area (Å²) in [4.78, 5) is 31.6. The highest BCUT2D eigenvalue weighted by Crippen LogP contribution is 2.35. The van der Waals surface area contributed by atoms with Crippen LogP contribution in [0.5, 0.6) is 0 Å². The van der Waals surface area contributed by atoms with E-state index >= 15 is 0 Å². The first kappa shape index (κ1) is 29.4. The molecule has 0 aromatic heterocycles. The van der Waals surface area contributed by atoms with Crippen LogP contribution >= 0.6 is 22.8 Å². The molecule has 14 heteroatoms. The van der Waals surface area contributed by atoms with E-state index in [1.54, 1.807) is 6.92 Å². The maximum absolute atomic E-state index is 9.99. The summed E-state index contributed by atoms with van der Waals surface area (Å²) in [7, 11) is -9.01. The number of aliphatic hydroxyl groups excluding tert-OH is 2. The van der Waals surface area contributed by atoms with Crippen molar-refractivity contribution in [3.8, 4) is 0 Å². The van der Waals surface area contributed by atoms with E-state index in [9.17, 15) is 13.7 Å². The van der Waals surface area contributed by atoms with Crippen LogP contribution in [0.2, 0.25) is 0 Å². The van der Waals surface area contributed by atoms with Crippen molar-refractivity contribution >= 4 is 22.8 Å². The summed E-state index contributed by atoms with van der Waals surface area (Å²) in [6, 6.07) is 0. The van der Waals surface area contributed by atoms with E-state index in [2.05, 4.69) is 9.05 Å². The fourth-order valence-corrected chi connectivity index (χ4v) is 0.321.